The van der Waals surface area contributed by atoms with Crippen molar-refractivity contribution in [2.75, 3.05) is 39.2 Å². The number of phosphoric acid groups is 1. The monoisotopic (exact) mass is 382 g/mol. The molecule has 1 amide bonds. The van der Waals surface area contributed by atoms with Gasteiger partial charge >= 0.3 is 7.82 Å². The van der Waals surface area contributed by atoms with Gasteiger partial charge in [-0.1, -0.05) is 0 Å². The van der Waals surface area contributed by atoms with E-state index in [0.29, 0.717) is 16.9 Å². The fourth-order valence-corrected chi connectivity index (χ4v) is 2.89. The molecule has 0 unspecified atom stereocenters. The van der Waals surface area contributed by atoms with Gasteiger partial charge in [-0.05, 0) is 32.0 Å². The maximum atomic E-state index is 12.1. The van der Waals surface area contributed by atoms with E-state index in [0.717, 1.165) is 0 Å². The number of aliphatic imine (C=N–C) groups is 1. The van der Waals surface area contributed by atoms with Gasteiger partial charge in [0.25, 0.3) is 5.91 Å². The van der Waals surface area contributed by atoms with E-state index in [1.807, 2.05) is 20.2 Å². The number of phosphoric ester groups is 1. The lowest BCUT2D eigenvalue weighted by Gasteiger charge is -2.16. The minimum Gasteiger partial charge on any atom is -0.369 e. The Labute approximate surface area is 153 Å². The summed E-state index contributed by atoms with van der Waals surface area (Å²) in [5.74, 6) is -0.557. The van der Waals surface area contributed by atoms with Gasteiger partial charge in [0.15, 0.2) is 0 Å². The maximum Gasteiger partial charge on any atom is 0.475 e. The molecule has 1 N–H and O–H groups in total. The minimum atomic E-state index is -3.76. The number of nitrogens with one attached hydrogen (secondary N) is 1. The molecule has 0 aliphatic rings. The van der Waals surface area contributed by atoms with Crippen molar-refractivity contribution in [2.24, 2.45) is 4.99 Å². The van der Waals surface area contributed by atoms with Crippen LogP contribution in [0.1, 0.15) is 19.4 Å². The number of rotatable bonds is 10. The molecular formula is C16H23N4O5P. The van der Waals surface area contributed by atoms with Gasteiger partial charge in [0.05, 0.1) is 30.8 Å². The molecule has 0 saturated heterocycles. The number of benzene rings is 1. The Balaban J connectivity index is 2.75. The third-order valence-corrected chi connectivity index (χ3v) is 4.35. The lowest BCUT2D eigenvalue weighted by Crippen LogP contribution is -2.18. The third-order valence-electron chi connectivity index (χ3n) is 2.76. The van der Waals surface area contributed by atoms with Crippen LogP contribution in [0.2, 0.25) is 0 Å². The zero-order chi connectivity index (χ0) is 19.6. The zero-order valence-electron chi connectivity index (χ0n) is 15.3. The molecule has 0 fully saturated rings. The molecule has 1 rings (SSSR count). The Morgan fingerprint density at radius 2 is 1.96 bits per heavy atom. The first-order valence-corrected chi connectivity index (χ1v) is 9.37. The first-order chi connectivity index (χ1) is 12.3. The number of anilines is 1. The average molecular weight is 382 g/mol. The summed E-state index contributed by atoms with van der Waals surface area (Å²) in [6, 6.07) is 6.73. The van der Waals surface area contributed by atoms with Gasteiger partial charge in [-0.15, -0.1) is 0 Å². The van der Waals surface area contributed by atoms with Crippen LogP contribution in [0.5, 0.6) is 0 Å². The zero-order valence-corrected chi connectivity index (χ0v) is 16.2. The number of carbonyl (C=O) groups excluding carboxylic acids is 1. The van der Waals surface area contributed by atoms with Crippen molar-refractivity contribution in [3.63, 3.8) is 0 Å². The van der Waals surface area contributed by atoms with Crippen LogP contribution in [0.3, 0.4) is 0 Å². The Kier molecular flexibility index (Phi) is 8.96. The smallest absolute Gasteiger partial charge is 0.369 e. The van der Waals surface area contributed by atoms with Crippen LogP contribution >= 0.6 is 7.82 Å². The van der Waals surface area contributed by atoms with E-state index in [2.05, 4.69) is 10.3 Å². The predicted molar refractivity (Wildman–Crippen MR) is 98.4 cm³/mol. The summed E-state index contributed by atoms with van der Waals surface area (Å²) in [6.45, 7) is 3.01. The maximum absolute atomic E-state index is 12.1. The van der Waals surface area contributed by atoms with E-state index in [1.54, 1.807) is 37.2 Å². The van der Waals surface area contributed by atoms with E-state index in [-0.39, 0.29) is 13.2 Å². The van der Waals surface area contributed by atoms with Crippen LogP contribution in [0.4, 0.5) is 11.4 Å². The van der Waals surface area contributed by atoms with E-state index >= 15 is 0 Å². The first kappa shape index (κ1) is 21.8. The SMILES string of the molecule is CCOP(=O)(OCC)OCC(=O)Nc1ccc(N=CN(C)C)c(C#N)c1. The fraction of sp³-hybridized carbons (Fsp3) is 0.438. The highest BCUT2D eigenvalue weighted by Gasteiger charge is 2.26. The highest BCUT2D eigenvalue weighted by molar-refractivity contribution is 7.48. The molecule has 1 aromatic rings. The molecule has 0 atom stereocenters. The van der Waals surface area contributed by atoms with E-state index in [9.17, 15) is 14.6 Å². The average Bonchev–Trinajstić information content (AvgIpc) is 2.59. The number of nitriles is 1. The van der Waals surface area contributed by atoms with E-state index < -0.39 is 20.3 Å². The second kappa shape index (κ2) is 10.7. The molecule has 0 bridgehead atoms. The molecule has 0 spiro atoms. The van der Waals surface area contributed by atoms with Crippen LogP contribution in [-0.2, 0) is 22.9 Å². The summed E-state index contributed by atoms with van der Waals surface area (Å²) in [5.41, 5.74) is 1.17. The molecule has 9 nitrogen and oxygen atoms in total. The number of hydrogen-bond acceptors (Lipinski definition) is 7. The molecule has 142 valence electrons. The highest BCUT2D eigenvalue weighted by atomic mass is 31.2. The van der Waals surface area contributed by atoms with Crippen LogP contribution < -0.4 is 5.32 Å². The van der Waals surface area contributed by atoms with Crippen molar-refractivity contribution < 1.29 is 22.9 Å². The van der Waals surface area contributed by atoms with Crippen molar-refractivity contribution in [3.8, 4) is 6.07 Å². The first-order valence-electron chi connectivity index (χ1n) is 7.91. The van der Waals surface area contributed by atoms with Gasteiger partial charge in [0.1, 0.15) is 12.7 Å². The topological polar surface area (TPSA) is 113 Å². The van der Waals surface area contributed by atoms with Gasteiger partial charge in [0.2, 0.25) is 0 Å². The van der Waals surface area contributed by atoms with Crippen molar-refractivity contribution in [1.29, 1.82) is 5.26 Å². The number of carbonyl (C=O) groups is 1. The molecule has 0 aromatic heterocycles. The summed E-state index contributed by atoms with van der Waals surface area (Å²) in [7, 11) is -0.131. The van der Waals surface area contributed by atoms with Crippen LogP contribution in [0, 0.1) is 11.3 Å². The Bertz CT molecular complexity index is 720. The van der Waals surface area contributed by atoms with Crippen molar-refractivity contribution in [1.82, 2.24) is 4.90 Å². The number of hydrogen-bond donors (Lipinski definition) is 1. The van der Waals surface area contributed by atoms with Crippen molar-refractivity contribution in [2.45, 2.75) is 13.8 Å². The lowest BCUT2D eigenvalue weighted by atomic mass is 10.1. The Morgan fingerprint density at radius 1 is 1.31 bits per heavy atom. The van der Waals surface area contributed by atoms with Crippen LogP contribution in [0.15, 0.2) is 23.2 Å². The van der Waals surface area contributed by atoms with E-state index in [1.165, 1.54) is 6.07 Å². The van der Waals surface area contributed by atoms with Crippen LogP contribution in [0.25, 0.3) is 0 Å². The number of nitrogens with zero attached hydrogens (tertiary/aromatic N) is 3. The lowest BCUT2D eigenvalue weighted by molar-refractivity contribution is -0.118. The summed E-state index contributed by atoms with van der Waals surface area (Å²) < 4.78 is 27.0. The predicted octanol–water partition coefficient (Wildman–Crippen LogP) is 2.92. The molecule has 1 aromatic carbocycles. The van der Waals surface area contributed by atoms with Crippen molar-refractivity contribution >= 4 is 31.4 Å². The Hall–Kier alpha value is -2.24. The molecule has 26 heavy (non-hydrogen) atoms. The van der Waals surface area contributed by atoms with Crippen molar-refractivity contribution in [3.05, 3.63) is 23.8 Å². The number of amides is 1. The minimum absolute atomic E-state index is 0.124. The van der Waals surface area contributed by atoms with Gasteiger partial charge in [-0.3, -0.25) is 18.4 Å². The quantitative estimate of drug-likeness (QED) is 0.376. The largest absolute Gasteiger partial charge is 0.475 e. The summed E-state index contributed by atoms with van der Waals surface area (Å²) >= 11 is 0. The fourth-order valence-electron chi connectivity index (χ4n) is 1.76. The summed E-state index contributed by atoms with van der Waals surface area (Å²) in [6.07, 6.45) is 1.57. The second-order valence-corrected chi connectivity index (χ2v) is 6.83. The molecule has 0 radical (unpaired) electrons. The molecule has 0 heterocycles. The van der Waals surface area contributed by atoms with Gasteiger partial charge in [-0.25, -0.2) is 9.56 Å². The molecule has 0 saturated carbocycles. The molecular weight excluding hydrogens is 359 g/mol. The second-order valence-electron chi connectivity index (χ2n) is 5.16. The molecule has 0 aliphatic heterocycles. The Morgan fingerprint density at radius 3 is 2.50 bits per heavy atom. The third kappa shape index (κ3) is 7.33. The van der Waals surface area contributed by atoms with Crippen LogP contribution in [-0.4, -0.2) is 51.1 Å². The van der Waals surface area contributed by atoms with E-state index in [4.69, 9.17) is 13.6 Å². The van der Waals surface area contributed by atoms with Gasteiger partial charge in [0, 0.05) is 19.8 Å². The normalized spacial score (nSPS) is 11.3. The highest BCUT2D eigenvalue weighted by Crippen LogP contribution is 2.49. The summed E-state index contributed by atoms with van der Waals surface area (Å²) in [5, 5.41) is 11.8. The molecule has 0 aliphatic carbocycles. The summed E-state index contributed by atoms with van der Waals surface area (Å²) in [4.78, 5) is 17.9. The van der Waals surface area contributed by atoms with Gasteiger partial charge < -0.3 is 10.2 Å². The standard InChI is InChI=1S/C16H23N4O5P/c1-5-23-26(22,24-6-2)25-11-16(21)19-14-7-8-15(13(9-14)10-17)18-12-20(3)4/h7-9,12H,5-6,11H2,1-4H3,(H,19,21). The molecule has 10 heteroatoms. The van der Waals surface area contributed by atoms with Gasteiger partial charge in [-0.2, -0.15) is 5.26 Å².